The van der Waals surface area contributed by atoms with Crippen molar-refractivity contribution in [1.82, 2.24) is 5.32 Å². The van der Waals surface area contributed by atoms with Crippen LogP contribution in [0.3, 0.4) is 0 Å². The van der Waals surface area contributed by atoms with Gasteiger partial charge in [0.05, 0.1) is 6.61 Å². The molecule has 4 nitrogen and oxygen atoms in total. The molecule has 3 rings (SSSR count). The molecule has 4 heteroatoms. The number of rotatable bonds is 9. The molecule has 1 aliphatic carbocycles. The van der Waals surface area contributed by atoms with Gasteiger partial charge in [-0.25, -0.2) is 0 Å². The van der Waals surface area contributed by atoms with Gasteiger partial charge in [0.25, 0.3) is 0 Å². The van der Waals surface area contributed by atoms with E-state index in [-0.39, 0.29) is 29.9 Å². The Morgan fingerprint density at radius 2 is 1.69 bits per heavy atom. The molecule has 2 aromatic rings. The highest BCUT2D eigenvalue weighted by molar-refractivity contribution is 5.98. The molecule has 0 spiro atoms. The smallest absolute Gasteiger partial charge is 0.220 e. The molecule has 0 heterocycles. The maximum atomic E-state index is 12.2. The molecule has 1 fully saturated rings. The highest BCUT2D eigenvalue weighted by atomic mass is 16.5. The van der Waals surface area contributed by atoms with Crippen LogP contribution in [-0.4, -0.2) is 24.8 Å². The van der Waals surface area contributed by atoms with Gasteiger partial charge in [-0.1, -0.05) is 30.3 Å². The molecule has 26 heavy (non-hydrogen) atoms. The Bertz CT molecular complexity index is 749. The van der Waals surface area contributed by atoms with Crippen LogP contribution in [0.15, 0.2) is 54.6 Å². The second kappa shape index (κ2) is 8.17. The zero-order valence-corrected chi connectivity index (χ0v) is 15.2. The third-order valence-corrected chi connectivity index (χ3v) is 4.93. The van der Waals surface area contributed by atoms with Crippen molar-refractivity contribution in [3.8, 4) is 5.75 Å². The second-order valence-electron chi connectivity index (χ2n) is 6.80. The van der Waals surface area contributed by atoms with Crippen molar-refractivity contribution in [2.75, 3.05) is 13.2 Å². The molecule has 0 saturated heterocycles. The van der Waals surface area contributed by atoms with Gasteiger partial charge in [0, 0.05) is 30.4 Å². The predicted molar refractivity (Wildman–Crippen MR) is 102 cm³/mol. The average molecular weight is 351 g/mol. The summed E-state index contributed by atoms with van der Waals surface area (Å²) in [6.07, 6.45) is 2.64. The summed E-state index contributed by atoms with van der Waals surface area (Å²) in [4.78, 5) is 24.4. The summed E-state index contributed by atoms with van der Waals surface area (Å²) >= 11 is 0. The number of amides is 1. The second-order valence-corrected chi connectivity index (χ2v) is 6.80. The van der Waals surface area contributed by atoms with E-state index >= 15 is 0 Å². The molecule has 2 aromatic carbocycles. The predicted octanol–water partition coefficient (Wildman–Crippen LogP) is 3.90. The quantitative estimate of drug-likeness (QED) is 0.697. The maximum Gasteiger partial charge on any atom is 0.220 e. The fourth-order valence-electron chi connectivity index (χ4n) is 3.14. The summed E-state index contributed by atoms with van der Waals surface area (Å²) in [6.45, 7) is 3.16. The minimum atomic E-state index is -0.0634. The molecule has 0 aromatic heterocycles. The van der Waals surface area contributed by atoms with Crippen molar-refractivity contribution in [2.24, 2.45) is 0 Å². The van der Waals surface area contributed by atoms with Crippen LogP contribution in [0.5, 0.6) is 5.75 Å². The van der Waals surface area contributed by atoms with Crippen LogP contribution in [0.2, 0.25) is 0 Å². The van der Waals surface area contributed by atoms with Crippen molar-refractivity contribution in [3.63, 3.8) is 0 Å². The topological polar surface area (TPSA) is 55.4 Å². The van der Waals surface area contributed by atoms with E-state index in [9.17, 15) is 9.59 Å². The van der Waals surface area contributed by atoms with Crippen LogP contribution in [0.25, 0.3) is 0 Å². The zero-order chi connectivity index (χ0) is 18.4. The fourth-order valence-corrected chi connectivity index (χ4v) is 3.14. The number of Topliss-reactive ketones (excluding diaryl/α,β-unsaturated/α-hetero) is 1. The van der Waals surface area contributed by atoms with Gasteiger partial charge in [-0.05, 0) is 49.6 Å². The number of ether oxygens (including phenoxy) is 1. The van der Waals surface area contributed by atoms with Crippen molar-refractivity contribution in [2.45, 2.75) is 38.0 Å². The number of nitrogens with one attached hydrogen (secondary N) is 1. The summed E-state index contributed by atoms with van der Waals surface area (Å²) in [5.41, 5.74) is 1.99. The van der Waals surface area contributed by atoms with Crippen molar-refractivity contribution < 1.29 is 14.3 Å². The van der Waals surface area contributed by atoms with E-state index < -0.39 is 0 Å². The molecular weight excluding hydrogens is 326 g/mol. The number of benzene rings is 2. The first-order chi connectivity index (χ1) is 12.6. The monoisotopic (exact) mass is 351 g/mol. The van der Waals surface area contributed by atoms with Crippen LogP contribution < -0.4 is 10.1 Å². The Hall–Kier alpha value is -2.62. The van der Waals surface area contributed by atoms with Gasteiger partial charge in [0.1, 0.15) is 5.75 Å². The van der Waals surface area contributed by atoms with Crippen molar-refractivity contribution >= 4 is 11.7 Å². The van der Waals surface area contributed by atoms with Crippen molar-refractivity contribution in [3.05, 3.63) is 65.7 Å². The van der Waals surface area contributed by atoms with Gasteiger partial charge in [-0.2, -0.15) is 0 Å². The van der Waals surface area contributed by atoms with Crippen LogP contribution in [0.4, 0.5) is 0 Å². The Balaban J connectivity index is 1.45. The van der Waals surface area contributed by atoms with E-state index in [0.29, 0.717) is 18.7 Å². The first-order valence-electron chi connectivity index (χ1n) is 9.21. The van der Waals surface area contributed by atoms with Crippen LogP contribution in [0, 0.1) is 0 Å². The van der Waals surface area contributed by atoms with Crippen LogP contribution in [0.1, 0.15) is 48.5 Å². The molecular formula is C22H25NO3. The largest absolute Gasteiger partial charge is 0.494 e. The van der Waals surface area contributed by atoms with Gasteiger partial charge in [0.15, 0.2) is 5.78 Å². The number of ketones is 1. The van der Waals surface area contributed by atoms with Crippen molar-refractivity contribution in [1.29, 1.82) is 0 Å². The normalized spacial score (nSPS) is 14.5. The lowest BCUT2D eigenvalue weighted by Gasteiger charge is -2.16. The third kappa shape index (κ3) is 4.51. The molecule has 0 bridgehead atoms. The fraction of sp³-hybridized carbons (Fsp3) is 0.364. The van der Waals surface area contributed by atoms with Gasteiger partial charge >= 0.3 is 0 Å². The summed E-state index contributed by atoms with van der Waals surface area (Å²) in [7, 11) is 0. The molecule has 1 amide bonds. The molecule has 0 radical (unpaired) electrons. The zero-order valence-electron chi connectivity index (χ0n) is 15.2. The molecule has 1 saturated carbocycles. The Morgan fingerprint density at radius 3 is 2.31 bits per heavy atom. The van der Waals surface area contributed by atoms with Gasteiger partial charge < -0.3 is 10.1 Å². The molecule has 1 aliphatic rings. The first-order valence-corrected chi connectivity index (χ1v) is 9.21. The van der Waals surface area contributed by atoms with E-state index in [1.807, 2.05) is 25.1 Å². The number of hydrogen-bond donors (Lipinski definition) is 1. The summed E-state index contributed by atoms with van der Waals surface area (Å²) < 4.78 is 5.37. The molecule has 0 unspecified atom stereocenters. The van der Waals surface area contributed by atoms with E-state index in [1.165, 1.54) is 5.56 Å². The highest BCUT2D eigenvalue weighted by Crippen LogP contribution is 2.47. The number of carbonyl (C=O) groups is 2. The van der Waals surface area contributed by atoms with E-state index in [0.717, 1.165) is 18.6 Å². The minimum Gasteiger partial charge on any atom is -0.494 e. The highest BCUT2D eigenvalue weighted by Gasteiger charge is 2.44. The van der Waals surface area contributed by atoms with Crippen LogP contribution in [-0.2, 0) is 10.2 Å². The SMILES string of the molecule is CCOc1ccc(C(=O)CCC(=O)NCC2(c3ccccc3)CC2)cc1. The van der Waals surface area contributed by atoms with Gasteiger partial charge in [-0.3, -0.25) is 9.59 Å². The van der Waals surface area contributed by atoms with E-state index in [1.54, 1.807) is 24.3 Å². The molecule has 1 N–H and O–H groups in total. The lowest BCUT2D eigenvalue weighted by molar-refractivity contribution is -0.121. The Kier molecular flexibility index (Phi) is 5.71. The molecule has 0 atom stereocenters. The Labute approximate surface area is 154 Å². The Morgan fingerprint density at radius 1 is 1.00 bits per heavy atom. The standard InChI is InChI=1S/C22H25NO3/c1-2-26-19-10-8-17(9-11-19)20(24)12-13-21(25)23-16-22(14-15-22)18-6-4-3-5-7-18/h3-11H,2,12-16H2,1H3,(H,23,25). The average Bonchev–Trinajstić information content (AvgIpc) is 3.47. The van der Waals surface area contributed by atoms with Gasteiger partial charge in [-0.15, -0.1) is 0 Å². The van der Waals surface area contributed by atoms with Crippen LogP contribution >= 0.6 is 0 Å². The minimum absolute atomic E-state index is 0.0209. The summed E-state index contributed by atoms with van der Waals surface area (Å²) in [6, 6.07) is 17.4. The van der Waals surface area contributed by atoms with E-state index in [4.69, 9.17) is 4.74 Å². The lowest BCUT2D eigenvalue weighted by atomic mass is 9.96. The molecule has 136 valence electrons. The maximum absolute atomic E-state index is 12.2. The van der Waals surface area contributed by atoms with Gasteiger partial charge in [0.2, 0.25) is 5.91 Å². The lowest BCUT2D eigenvalue weighted by Crippen LogP contribution is -2.32. The molecule has 0 aliphatic heterocycles. The number of hydrogen-bond acceptors (Lipinski definition) is 3. The third-order valence-electron chi connectivity index (χ3n) is 4.93. The number of carbonyl (C=O) groups excluding carboxylic acids is 2. The van der Waals surface area contributed by atoms with E-state index in [2.05, 4.69) is 17.4 Å². The summed E-state index contributed by atoms with van der Waals surface area (Å²) in [5, 5.41) is 3.01. The summed E-state index contributed by atoms with van der Waals surface area (Å²) in [5.74, 6) is 0.663. The first kappa shape index (κ1) is 18.2.